The first-order chi connectivity index (χ1) is 11.5. The first-order valence-corrected chi connectivity index (χ1v) is 7.65. The lowest BCUT2D eigenvalue weighted by Crippen LogP contribution is -2.28. The summed E-state index contributed by atoms with van der Waals surface area (Å²) in [6.45, 7) is 2.54. The number of carbonyl (C=O) groups excluding carboxylic acids is 1. The number of rotatable bonds is 6. The zero-order chi connectivity index (χ0) is 17.7. The standard InChI is InChI=1S/C16H18ClN3O4/c1-4-24-15-11(17)7-10(8-13(15)23-3)9-18-16(22)12-5-6-14(21)20(2)19-12/h5-8H,4,9H2,1-3H3,(H,18,22). The van der Waals surface area contributed by atoms with Gasteiger partial charge in [-0.15, -0.1) is 0 Å². The number of amides is 1. The van der Waals surface area contributed by atoms with Gasteiger partial charge in [0, 0.05) is 19.7 Å². The van der Waals surface area contributed by atoms with Gasteiger partial charge in [-0.05, 0) is 30.7 Å². The fourth-order valence-electron chi connectivity index (χ4n) is 2.06. The van der Waals surface area contributed by atoms with Crippen molar-refractivity contribution in [2.45, 2.75) is 13.5 Å². The van der Waals surface area contributed by atoms with Crippen molar-refractivity contribution in [2.75, 3.05) is 13.7 Å². The molecule has 1 aromatic carbocycles. The van der Waals surface area contributed by atoms with Crippen LogP contribution in [0.5, 0.6) is 11.5 Å². The minimum atomic E-state index is -0.394. The Hall–Kier alpha value is -2.54. The number of halogens is 1. The van der Waals surface area contributed by atoms with Gasteiger partial charge >= 0.3 is 0 Å². The molecule has 2 rings (SSSR count). The highest BCUT2D eigenvalue weighted by Gasteiger charge is 2.13. The molecule has 0 unspecified atom stereocenters. The Morgan fingerprint density at radius 1 is 1.38 bits per heavy atom. The molecule has 1 heterocycles. The van der Waals surface area contributed by atoms with Crippen molar-refractivity contribution in [3.8, 4) is 11.5 Å². The largest absolute Gasteiger partial charge is 0.493 e. The highest BCUT2D eigenvalue weighted by Crippen LogP contribution is 2.36. The first kappa shape index (κ1) is 17.8. The van der Waals surface area contributed by atoms with Crippen LogP contribution in [0.25, 0.3) is 0 Å². The molecule has 0 atom stereocenters. The number of nitrogens with one attached hydrogen (secondary N) is 1. The van der Waals surface area contributed by atoms with Gasteiger partial charge in [0.25, 0.3) is 11.5 Å². The van der Waals surface area contributed by atoms with Crippen molar-refractivity contribution in [3.05, 3.63) is 50.9 Å². The third-order valence-corrected chi connectivity index (χ3v) is 3.50. The summed E-state index contributed by atoms with van der Waals surface area (Å²) in [5, 5.41) is 7.02. The van der Waals surface area contributed by atoms with Crippen LogP contribution >= 0.6 is 11.6 Å². The van der Waals surface area contributed by atoms with Crippen LogP contribution in [0.4, 0.5) is 0 Å². The van der Waals surface area contributed by atoms with Gasteiger partial charge in [-0.2, -0.15) is 5.10 Å². The van der Waals surface area contributed by atoms with E-state index in [4.69, 9.17) is 21.1 Å². The van der Waals surface area contributed by atoms with Crippen LogP contribution in [0.1, 0.15) is 23.0 Å². The summed E-state index contributed by atoms with van der Waals surface area (Å²) in [7, 11) is 3.00. The van der Waals surface area contributed by atoms with Crippen LogP contribution in [0, 0.1) is 0 Å². The van der Waals surface area contributed by atoms with Gasteiger partial charge in [-0.25, -0.2) is 4.68 Å². The Morgan fingerprint density at radius 2 is 2.12 bits per heavy atom. The molecule has 0 aliphatic heterocycles. The number of aryl methyl sites for hydroxylation is 1. The molecule has 0 fully saturated rings. The number of carbonyl (C=O) groups is 1. The molecule has 1 N–H and O–H groups in total. The van der Waals surface area contributed by atoms with Crippen LogP contribution in [0.2, 0.25) is 5.02 Å². The van der Waals surface area contributed by atoms with Gasteiger partial charge in [0.05, 0.1) is 18.7 Å². The molecule has 0 aliphatic rings. The molecule has 7 nitrogen and oxygen atoms in total. The van der Waals surface area contributed by atoms with Crippen LogP contribution < -0.4 is 20.3 Å². The number of hydrogen-bond donors (Lipinski definition) is 1. The maximum atomic E-state index is 12.1. The van der Waals surface area contributed by atoms with E-state index in [0.717, 1.165) is 10.2 Å². The number of hydrogen-bond acceptors (Lipinski definition) is 5. The minimum Gasteiger partial charge on any atom is -0.493 e. The lowest BCUT2D eigenvalue weighted by Gasteiger charge is -2.13. The summed E-state index contributed by atoms with van der Waals surface area (Å²) in [5.41, 5.74) is 0.620. The molecule has 0 bridgehead atoms. The number of ether oxygens (including phenoxy) is 2. The predicted molar refractivity (Wildman–Crippen MR) is 89.8 cm³/mol. The number of benzene rings is 1. The normalized spacial score (nSPS) is 10.3. The van der Waals surface area contributed by atoms with Crippen molar-refractivity contribution in [3.63, 3.8) is 0 Å². The molecule has 0 saturated carbocycles. The highest BCUT2D eigenvalue weighted by molar-refractivity contribution is 6.32. The smallest absolute Gasteiger partial charge is 0.271 e. The Morgan fingerprint density at radius 3 is 2.75 bits per heavy atom. The van der Waals surface area contributed by atoms with E-state index in [-0.39, 0.29) is 17.8 Å². The van der Waals surface area contributed by atoms with Gasteiger partial charge in [0.1, 0.15) is 5.69 Å². The summed E-state index contributed by atoms with van der Waals surface area (Å²) in [5.74, 6) is 0.569. The zero-order valence-corrected chi connectivity index (χ0v) is 14.4. The lowest BCUT2D eigenvalue weighted by atomic mass is 10.2. The van der Waals surface area contributed by atoms with E-state index in [1.165, 1.54) is 26.3 Å². The van der Waals surface area contributed by atoms with E-state index in [2.05, 4.69) is 10.4 Å². The Balaban J connectivity index is 2.13. The zero-order valence-electron chi connectivity index (χ0n) is 13.6. The van der Waals surface area contributed by atoms with E-state index in [9.17, 15) is 9.59 Å². The molecule has 0 saturated heterocycles. The number of aromatic nitrogens is 2. The maximum absolute atomic E-state index is 12.1. The average Bonchev–Trinajstić information content (AvgIpc) is 2.57. The summed E-state index contributed by atoms with van der Waals surface area (Å²) in [6, 6.07) is 6.11. The third-order valence-electron chi connectivity index (χ3n) is 3.22. The molecule has 24 heavy (non-hydrogen) atoms. The second-order valence-electron chi connectivity index (χ2n) is 4.91. The van der Waals surface area contributed by atoms with Gasteiger partial charge in [0.2, 0.25) is 0 Å². The van der Waals surface area contributed by atoms with Crippen LogP contribution in [0.15, 0.2) is 29.1 Å². The van der Waals surface area contributed by atoms with Gasteiger partial charge in [0.15, 0.2) is 11.5 Å². The third kappa shape index (κ3) is 4.05. The summed E-state index contributed by atoms with van der Waals surface area (Å²) < 4.78 is 11.8. The molecule has 0 spiro atoms. The maximum Gasteiger partial charge on any atom is 0.271 e. The number of nitrogens with zero attached hydrogens (tertiary/aromatic N) is 2. The molecule has 0 aliphatic carbocycles. The lowest BCUT2D eigenvalue weighted by molar-refractivity contribution is 0.0943. The molecule has 1 amide bonds. The van der Waals surface area contributed by atoms with E-state index in [1.807, 2.05) is 6.92 Å². The summed E-state index contributed by atoms with van der Waals surface area (Å²) in [4.78, 5) is 23.4. The Bertz CT molecular complexity index is 804. The van der Waals surface area contributed by atoms with E-state index in [0.29, 0.717) is 23.1 Å². The van der Waals surface area contributed by atoms with Crippen molar-refractivity contribution < 1.29 is 14.3 Å². The van der Waals surface area contributed by atoms with Gasteiger partial charge in [-0.1, -0.05) is 11.6 Å². The molecular formula is C16H18ClN3O4. The molecule has 1 aromatic heterocycles. The summed E-state index contributed by atoms with van der Waals surface area (Å²) >= 11 is 6.19. The van der Waals surface area contributed by atoms with Gasteiger partial charge < -0.3 is 14.8 Å². The second-order valence-corrected chi connectivity index (χ2v) is 5.31. The van der Waals surface area contributed by atoms with Crippen molar-refractivity contribution in [2.24, 2.45) is 7.05 Å². The predicted octanol–water partition coefficient (Wildman–Crippen LogP) is 1.77. The fraction of sp³-hybridized carbons (Fsp3) is 0.312. The first-order valence-electron chi connectivity index (χ1n) is 7.28. The average molecular weight is 352 g/mol. The number of methoxy groups -OCH3 is 1. The molecule has 2 aromatic rings. The van der Waals surface area contributed by atoms with E-state index < -0.39 is 5.91 Å². The van der Waals surface area contributed by atoms with Crippen molar-refractivity contribution in [1.82, 2.24) is 15.1 Å². The summed E-state index contributed by atoms with van der Waals surface area (Å²) in [6.07, 6.45) is 0. The Labute approximate surface area is 144 Å². The molecular weight excluding hydrogens is 334 g/mol. The van der Waals surface area contributed by atoms with E-state index >= 15 is 0 Å². The van der Waals surface area contributed by atoms with Crippen LogP contribution in [0.3, 0.4) is 0 Å². The SMILES string of the molecule is CCOc1c(Cl)cc(CNC(=O)c2ccc(=O)n(C)n2)cc1OC. The molecule has 8 heteroatoms. The monoisotopic (exact) mass is 351 g/mol. The minimum absolute atomic E-state index is 0.154. The van der Waals surface area contributed by atoms with Crippen LogP contribution in [-0.2, 0) is 13.6 Å². The Kier molecular flexibility index (Phi) is 5.81. The quantitative estimate of drug-likeness (QED) is 0.857. The second kappa shape index (κ2) is 7.83. The van der Waals surface area contributed by atoms with Crippen molar-refractivity contribution in [1.29, 1.82) is 0 Å². The highest BCUT2D eigenvalue weighted by atomic mass is 35.5. The van der Waals surface area contributed by atoms with E-state index in [1.54, 1.807) is 12.1 Å². The topological polar surface area (TPSA) is 82.5 Å². The van der Waals surface area contributed by atoms with Gasteiger partial charge in [-0.3, -0.25) is 9.59 Å². The fourth-order valence-corrected chi connectivity index (χ4v) is 2.34. The van der Waals surface area contributed by atoms with Crippen LogP contribution in [-0.4, -0.2) is 29.4 Å². The molecule has 128 valence electrons. The molecule has 0 radical (unpaired) electrons. The van der Waals surface area contributed by atoms with Crippen molar-refractivity contribution >= 4 is 17.5 Å².